The number of thiazole rings is 1. The number of hydrogen-bond donors (Lipinski definition) is 2. The lowest BCUT2D eigenvalue weighted by Crippen LogP contribution is -2.23. The Morgan fingerprint density at radius 3 is 2.92 bits per heavy atom. The molecule has 0 unspecified atom stereocenters. The summed E-state index contributed by atoms with van der Waals surface area (Å²) in [5, 5.41) is 3.35. The first kappa shape index (κ1) is 14.5. The first-order valence-corrected chi connectivity index (χ1v) is 8.03. The van der Waals surface area contributed by atoms with Crippen LogP contribution in [-0.4, -0.2) is 10.9 Å². The van der Waals surface area contributed by atoms with Crippen LogP contribution in [0, 0.1) is 6.92 Å². The van der Waals surface area contributed by atoms with Crippen molar-refractivity contribution in [1.82, 2.24) is 4.98 Å². The Balaban J connectivity index is 1.69. The zero-order valence-electron chi connectivity index (χ0n) is 12.7. The van der Waals surface area contributed by atoms with Gasteiger partial charge in [0, 0.05) is 16.5 Å². The molecule has 4 rings (SSSR count). The number of nitrogens with one attached hydrogen (secondary N) is 1. The van der Waals surface area contributed by atoms with E-state index in [0.717, 1.165) is 16.1 Å². The van der Waals surface area contributed by atoms with Gasteiger partial charge < -0.3 is 20.2 Å². The van der Waals surface area contributed by atoms with Crippen molar-refractivity contribution in [2.45, 2.75) is 6.92 Å². The van der Waals surface area contributed by atoms with E-state index >= 15 is 0 Å². The van der Waals surface area contributed by atoms with Crippen LogP contribution in [0.3, 0.4) is 0 Å². The Morgan fingerprint density at radius 2 is 2.21 bits per heavy atom. The molecule has 0 fully saturated rings. The molecule has 0 saturated carbocycles. The number of nitrogen functional groups attached to an aromatic ring is 1. The molecule has 0 atom stereocenters. The predicted octanol–water partition coefficient (Wildman–Crippen LogP) is 3.67. The van der Waals surface area contributed by atoms with E-state index < -0.39 is 0 Å². The van der Waals surface area contributed by atoms with E-state index in [-0.39, 0.29) is 11.7 Å². The highest BCUT2D eigenvalue weighted by molar-refractivity contribution is 7.15. The van der Waals surface area contributed by atoms with Crippen LogP contribution >= 0.6 is 11.3 Å². The topological polar surface area (TPSA) is 90.4 Å². The summed E-state index contributed by atoms with van der Waals surface area (Å²) in [6, 6.07) is 9.02. The fourth-order valence-corrected chi connectivity index (χ4v) is 3.21. The summed E-state index contributed by atoms with van der Waals surface area (Å²) in [6.07, 6.45) is 3.09. The number of aryl methyl sites for hydroxylation is 1. The van der Waals surface area contributed by atoms with E-state index in [4.69, 9.17) is 14.9 Å². The van der Waals surface area contributed by atoms with Crippen LogP contribution in [0.15, 0.2) is 46.8 Å². The second-order valence-electron chi connectivity index (χ2n) is 5.25. The summed E-state index contributed by atoms with van der Waals surface area (Å²) in [5.74, 6) is 0.968. The number of carbonyl (C=O) groups is 1. The molecule has 7 heteroatoms. The highest BCUT2D eigenvalue weighted by Crippen LogP contribution is 2.37. The molecule has 120 valence electrons. The monoisotopic (exact) mass is 339 g/mol. The number of rotatable bonds is 2. The Labute approximate surface area is 141 Å². The number of nitrogens with zero attached hydrogens (tertiary/aromatic N) is 1. The van der Waals surface area contributed by atoms with E-state index in [0.29, 0.717) is 22.3 Å². The number of hydrogen-bond acceptors (Lipinski definition) is 6. The van der Waals surface area contributed by atoms with Crippen LogP contribution in [0.1, 0.15) is 10.6 Å². The number of carbonyl (C=O) groups excluding carboxylic acids is 1. The largest absolute Gasteiger partial charge is 0.465 e. The Morgan fingerprint density at radius 1 is 1.33 bits per heavy atom. The molecule has 1 aromatic carbocycles. The minimum absolute atomic E-state index is 0.180. The van der Waals surface area contributed by atoms with Crippen molar-refractivity contribution >= 4 is 34.1 Å². The van der Waals surface area contributed by atoms with Gasteiger partial charge in [-0.1, -0.05) is 0 Å². The molecular formula is C17H13N3O3S. The van der Waals surface area contributed by atoms with Crippen molar-refractivity contribution in [1.29, 1.82) is 0 Å². The third-order valence-electron chi connectivity index (χ3n) is 3.57. The van der Waals surface area contributed by atoms with Crippen molar-refractivity contribution < 1.29 is 13.9 Å². The third kappa shape index (κ3) is 2.55. The van der Waals surface area contributed by atoms with Gasteiger partial charge in [0.15, 0.2) is 16.6 Å². The lowest BCUT2D eigenvalue weighted by Gasteiger charge is -2.20. The predicted molar refractivity (Wildman–Crippen MR) is 92.6 cm³/mol. The average molecular weight is 339 g/mol. The van der Waals surface area contributed by atoms with Gasteiger partial charge in [0.05, 0.1) is 17.6 Å². The van der Waals surface area contributed by atoms with Gasteiger partial charge in [0.2, 0.25) is 0 Å². The molecule has 1 aliphatic heterocycles. The Kier molecular flexibility index (Phi) is 3.35. The summed E-state index contributed by atoms with van der Waals surface area (Å²) in [5.41, 5.74) is 8.04. The van der Waals surface area contributed by atoms with Gasteiger partial charge in [0.1, 0.15) is 5.76 Å². The van der Waals surface area contributed by atoms with E-state index in [9.17, 15) is 4.79 Å². The number of benzene rings is 1. The van der Waals surface area contributed by atoms with Gasteiger partial charge >= 0.3 is 0 Å². The number of nitrogens with two attached hydrogens (primary N) is 1. The van der Waals surface area contributed by atoms with Gasteiger partial charge in [-0.2, -0.15) is 0 Å². The van der Waals surface area contributed by atoms with Gasteiger partial charge in [-0.05, 0) is 37.3 Å². The molecule has 6 nitrogen and oxygen atoms in total. The van der Waals surface area contributed by atoms with E-state index in [1.807, 2.05) is 19.1 Å². The zero-order valence-corrected chi connectivity index (χ0v) is 13.5. The maximum absolute atomic E-state index is 12.2. The maximum atomic E-state index is 12.2. The highest BCUT2D eigenvalue weighted by Gasteiger charge is 2.23. The molecule has 24 heavy (non-hydrogen) atoms. The van der Waals surface area contributed by atoms with Crippen molar-refractivity contribution in [3.8, 4) is 17.0 Å². The van der Waals surface area contributed by atoms with Crippen LogP contribution in [0.25, 0.3) is 17.3 Å². The molecule has 3 heterocycles. The van der Waals surface area contributed by atoms with Crippen molar-refractivity contribution in [3.63, 3.8) is 0 Å². The summed E-state index contributed by atoms with van der Waals surface area (Å²) >= 11 is 1.43. The van der Waals surface area contributed by atoms with Crippen LogP contribution in [0.4, 0.5) is 10.8 Å². The van der Waals surface area contributed by atoms with Gasteiger partial charge in [-0.3, -0.25) is 4.79 Å². The average Bonchev–Trinajstić information content (AvgIpc) is 3.17. The molecular weight excluding hydrogens is 326 g/mol. The Hall–Kier alpha value is -3.06. The second kappa shape index (κ2) is 5.54. The molecule has 3 N–H and O–H groups in total. The molecule has 0 aliphatic carbocycles. The van der Waals surface area contributed by atoms with Crippen LogP contribution in [0.5, 0.6) is 5.75 Å². The zero-order chi connectivity index (χ0) is 16.7. The fraction of sp³-hybridized carbons (Fsp3) is 0.0588. The van der Waals surface area contributed by atoms with Crippen LogP contribution in [-0.2, 0) is 4.79 Å². The van der Waals surface area contributed by atoms with Crippen LogP contribution in [0.2, 0.25) is 0 Å². The first-order chi connectivity index (χ1) is 11.6. The molecule has 3 aromatic rings. The van der Waals surface area contributed by atoms with Gasteiger partial charge in [-0.15, -0.1) is 11.3 Å². The Bertz CT molecular complexity index is 958. The normalized spacial score (nSPS) is 15.0. The van der Waals surface area contributed by atoms with Gasteiger partial charge in [0.25, 0.3) is 5.91 Å². The molecule has 2 aromatic heterocycles. The fourth-order valence-electron chi connectivity index (χ4n) is 2.50. The number of fused-ring (bicyclic) bond motifs is 1. The van der Waals surface area contributed by atoms with Crippen molar-refractivity contribution in [2.24, 2.45) is 0 Å². The number of ether oxygens (including phenoxy) is 1. The highest BCUT2D eigenvalue weighted by atomic mass is 32.1. The van der Waals surface area contributed by atoms with E-state index in [1.165, 1.54) is 17.6 Å². The van der Waals surface area contributed by atoms with E-state index in [1.54, 1.807) is 24.3 Å². The van der Waals surface area contributed by atoms with E-state index in [2.05, 4.69) is 10.3 Å². The smallest absolute Gasteiger partial charge is 0.291 e. The third-order valence-corrected chi connectivity index (χ3v) is 4.37. The minimum atomic E-state index is -0.328. The standard InChI is InChI=1S/C17H13N3O3S/c1-9-15(20-17(18)24-9)10-4-5-13-12(7-10)19-16(21)14(23-13)8-11-3-2-6-22-11/h2-8H,1H3,(H2,18,20)(H,19,21)/b14-8+. The second-order valence-corrected chi connectivity index (χ2v) is 6.48. The summed E-state index contributed by atoms with van der Waals surface area (Å²) in [4.78, 5) is 17.6. The van der Waals surface area contributed by atoms with Gasteiger partial charge in [-0.25, -0.2) is 4.98 Å². The number of aromatic nitrogens is 1. The lowest BCUT2D eigenvalue weighted by atomic mass is 10.1. The quantitative estimate of drug-likeness (QED) is 0.695. The van der Waals surface area contributed by atoms with Crippen LogP contribution < -0.4 is 15.8 Å². The molecule has 0 spiro atoms. The first-order valence-electron chi connectivity index (χ1n) is 7.22. The van der Waals surface area contributed by atoms with Crippen molar-refractivity contribution in [2.75, 3.05) is 11.1 Å². The molecule has 1 aliphatic rings. The maximum Gasteiger partial charge on any atom is 0.291 e. The number of furan rings is 1. The minimum Gasteiger partial charge on any atom is -0.465 e. The summed E-state index contributed by atoms with van der Waals surface area (Å²) < 4.78 is 10.9. The molecule has 1 amide bonds. The number of amides is 1. The SMILES string of the molecule is Cc1sc(N)nc1-c1ccc2c(c1)NC(=O)/C(=C\c1ccco1)O2. The lowest BCUT2D eigenvalue weighted by molar-refractivity contribution is -0.115. The summed E-state index contributed by atoms with van der Waals surface area (Å²) in [7, 11) is 0. The summed E-state index contributed by atoms with van der Waals surface area (Å²) in [6.45, 7) is 1.96. The molecule has 0 radical (unpaired) electrons. The van der Waals surface area contributed by atoms with Crippen molar-refractivity contribution in [3.05, 3.63) is 53.0 Å². The molecule has 0 bridgehead atoms. The number of anilines is 2. The molecule has 0 saturated heterocycles.